The summed E-state index contributed by atoms with van der Waals surface area (Å²) in [5.41, 5.74) is 1.69. The van der Waals surface area contributed by atoms with Crippen LogP contribution in [0.4, 0.5) is 0 Å². The normalized spacial score (nSPS) is 13.2. The Labute approximate surface area is 229 Å². The number of hydrogen-bond acceptors (Lipinski definition) is 7. The van der Waals surface area contributed by atoms with Crippen molar-refractivity contribution in [2.24, 2.45) is 11.8 Å². The Morgan fingerprint density at radius 2 is 1.58 bits per heavy atom. The number of nitrogens with one attached hydrogen (secondary N) is 2. The van der Waals surface area contributed by atoms with E-state index in [9.17, 15) is 19.2 Å². The number of likely N-dealkylation sites (N-methyl/N-ethyl adjacent to an activating group) is 1. The Balaban J connectivity index is 2.20. The topological polar surface area (TPSA) is 111 Å². The van der Waals surface area contributed by atoms with E-state index < -0.39 is 23.2 Å². The quantitative estimate of drug-likeness (QED) is 0.348. The van der Waals surface area contributed by atoms with Crippen LogP contribution >= 0.6 is 11.8 Å². The van der Waals surface area contributed by atoms with Crippen molar-refractivity contribution in [2.45, 2.75) is 57.9 Å². The number of hydrogen-bond donors (Lipinski definition) is 2. The third-order valence-corrected chi connectivity index (χ3v) is 7.05. The first kappa shape index (κ1) is 30.9. The molecule has 38 heavy (non-hydrogen) atoms. The van der Waals surface area contributed by atoms with E-state index in [0.29, 0.717) is 12.2 Å². The molecular formula is C29H38N2O6S. The van der Waals surface area contributed by atoms with Crippen molar-refractivity contribution in [3.63, 3.8) is 0 Å². The predicted octanol–water partition coefficient (Wildman–Crippen LogP) is 3.91. The van der Waals surface area contributed by atoms with Gasteiger partial charge < -0.3 is 20.1 Å². The maximum Gasteiger partial charge on any atom is 0.307 e. The van der Waals surface area contributed by atoms with Crippen LogP contribution in [0.15, 0.2) is 54.6 Å². The van der Waals surface area contributed by atoms with Gasteiger partial charge in [-0.05, 0) is 35.6 Å². The van der Waals surface area contributed by atoms with Gasteiger partial charge in [-0.15, -0.1) is 0 Å². The van der Waals surface area contributed by atoms with Crippen LogP contribution in [0, 0.1) is 11.8 Å². The number of esters is 1. The molecule has 0 saturated heterocycles. The van der Waals surface area contributed by atoms with Crippen LogP contribution in [-0.2, 0) is 36.9 Å². The fourth-order valence-corrected chi connectivity index (χ4v) is 5.08. The number of carbonyl (C=O) groups is 4. The summed E-state index contributed by atoms with van der Waals surface area (Å²) in [4.78, 5) is 51.1. The molecule has 206 valence electrons. The fourth-order valence-electron chi connectivity index (χ4n) is 4.04. The van der Waals surface area contributed by atoms with E-state index in [-0.39, 0.29) is 42.3 Å². The molecule has 9 heteroatoms. The van der Waals surface area contributed by atoms with Crippen molar-refractivity contribution in [3.8, 4) is 5.75 Å². The van der Waals surface area contributed by atoms with E-state index in [2.05, 4.69) is 10.6 Å². The van der Waals surface area contributed by atoms with Crippen molar-refractivity contribution in [1.29, 1.82) is 0 Å². The van der Waals surface area contributed by atoms with Crippen molar-refractivity contribution >= 4 is 34.7 Å². The number of rotatable bonds is 14. The van der Waals surface area contributed by atoms with Crippen molar-refractivity contribution < 1.29 is 28.7 Å². The lowest BCUT2D eigenvalue weighted by Gasteiger charge is -2.28. The van der Waals surface area contributed by atoms with Gasteiger partial charge in [-0.3, -0.25) is 19.2 Å². The largest absolute Gasteiger partial charge is 0.497 e. The van der Waals surface area contributed by atoms with Gasteiger partial charge in [-0.25, -0.2) is 0 Å². The average Bonchev–Trinajstić information content (AvgIpc) is 2.90. The summed E-state index contributed by atoms with van der Waals surface area (Å²) in [6.07, 6.45) is 0.601. The van der Waals surface area contributed by atoms with Crippen molar-refractivity contribution in [1.82, 2.24) is 10.6 Å². The Hall–Kier alpha value is -3.33. The van der Waals surface area contributed by atoms with Gasteiger partial charge in [0.2, 0.25) is 11.8 Å². The highest BCUT2D eigenvalue weighted by molar-refractivity contribution is 8.14. The van der Waals surface area contributed by atoms with Gasteiger partial charge >= 0.3 is 5.97 Å². The molecule has 0 saturated carbocycles. The number of benzene rings is 2. The summed E-state index contributed by atoms with van der Waals surface area (Å²) in [5.74, 6) is -1.09. The fraction of sp³-hybridized carbons (Fsp3) is 0.448. The number of carbonyl (C=O) groups excluding carboxylic acids is 4. The number of methoxy groups -OCH3 is 1. The molecule has 0 aromatic heterocycles. The van der Waals surface area contributed by atoms with Crippen LogP contribution in [0.5, 0.6) is 5.75 Å². The lowest BCUT2D eigenvalue weighted by Crippen LogP contribution is -2.50. The standard InChI is InChI=1S/C29H38N2O6S/c1-19(2)15-24(26(38-20(3)32)17-27(33)37-18-22-9-7-6-8-10-22)28(34)31-25(29(35)30-4)16-21-11-13-23(36-5)14-12-21/h6-14,19,24-26H,15-18H2,1-5H3,(H,30,35)(H,31,34)/t24-,25+,26-/m1/s1. The molecule has 3 atom stereocenters. The Morgan fingerprint density at radius 3 is 2.13 bits per heavy atom. The van der Waals surface area contributed by atoms with Gasteiger partial charge in [0.05, 0.1) is 19.4 Å². The Kier molecular flexibility index (Phi) is 12.9. The highest BCUT2D eigenvalue weighted by atomic mass is 32.2. The predicted molar refractivity (Wildman–Crippen MR) is 149 cm³/mol. The second kappa shape index (κ2) is 15.8. The van der Waals surface area contributed by atoms with Crippen LogP contribution in [0.25, 0.3) is 0 Å². The summed E-state index contributed by atoms with van der Waals surface area (Å²) < 4.78 is 10.6. The van der Waals surface area contributed by atoms with Gasteiger partial charge in [0.15, 0.2) is 5.12 Å². The van der Waals surface area contributed by atoms with Crippen LogP contribution in [-0.4, -0.2) is 48.3 Å². The summed E-state index contributed by atoms with van der Waals surface area (Å²) >= 11 is 0.962. The lowest BCUT2D eigenvalue weighted by molar-refractivity contribution is -0.145. The van der Waals surface area contributed by atoms with Crippen LogP contribution in [0.3, 0.4) is 0 Å². The minimum atomic E-state index is -0.830. The Morgan fingerprint density at radius 1 is 0.921 bits per heavy atom. The van der Waals surface area contributed by atoms with Crippen LogP contribution in [0.1, 0.15) is 44.7 Å². The zero-order valence-corrected chi connectivity index (χ0v) is 23.5. The minimum absolute atomic E-state index is 0.106. The summed E-state index contributed by atoms with van der Waals surface area (Å²) in [6, 6.07) is 15.7. The molecule has 2 aromatic carbocycles. The molecule has 0 aliphatic rings. The molecule has 8 nitrogen and oxygen atoms in total. The van der Waals surface area contributed by atoms with E-state index in [1.165, 1.54) is 14.0 Å². The first-order valence-corrected chi connectivity index (χ1v) is 13.5. The van der Waals surface area contributed by atoms with E-state index in [0.717, 1.165) is 22.9 Å². The Bertz CT molecular complexity index is 1060. The van der Waals surface area contributed by atoms with Crippen LogP contribution in [0.2, 0.25) is 0 Å². The van der Waals surface area contributed by atoms with Crippen molar-refractivity contribution in [3.05, 3.63) is 65.7 Å². The van der Waals surface area contributed by atoms with E-state index in [4.69, 9.17) is 9.47 Å². The summed E-state index contributed by atoms with van der Waals surface area (Å²) in [5, 5.41) is 4.65. The number of amides is 2. The number of thioether (sulfide) groups is 1. The zero-order chi connectivity index (χ0) is 28.1. The number of ether oxygens (including phenoxy) is 2. The maximum absolute atomic E-state index is 13.6. The molecule has 2 aromatic rings. The van der Waals surface area contributed by atoms with Gasteiger partial charge in [-0.2, -0.15) is 0 Å². The smallest absolute Gasteiger partial charge is 0.307 e. The molecule has 0 unspecified atom stereocenters. The molecule has 0 bridgehead atoms. The highest BCUT2D eigenvalue weighted by Gasteiger charge is 2.35. The third kappa shape index (κ3) is 10.6. The molecule has 0 heterocycles. The molecular weight excluding hydrogens is 504 g/mol. The monoisotopic (exact) mass is 542 g/mol. The molecule has 2 amide bonds. The third-order valence-electron chi connectivity index (χ3n) is 5.92. The van der Waals surface area contributed by atoms with Gasteiger partial charge in [0.1, 0.15) is 18.4 Å². The minimum Gasteiger partial charge on any atom is -0.497 e. The molecule has 2 N–H and O–H groups in total. The van der Waals surface area contributed by atoms with E-state index in [1.54, 1.807) is 19.2 Å². The molecule has 2 rings (SSSR count). The summed E-state index contributed by atoms with van der Waals surface area (Å²) in [7, 11) is 3.09. The van der Waals surface area contributed by atoms with Crippen molar-refractivity contribution in [2.75, 3.05) is 14.2 Å². The van der Waals surface area contributed by atoms with Gasteiger partial charge in [0.25, 0.3) is 0 Å². The first-order valence-electron chi connectivity index (χ1n) is 12.6. The molecule has 0 aliphatic carbocycles. The second-order valence-electron chi connectivity index (χ2n) is 9.46. The van der Waals surface area contributed by atoms with E-state index >= 15 is 0 Å². The maximum atomic E-state index is 13.6. The first-order chi connectivity index (χ1) is 18.1. The summed E-state index contributed by atoms with van der Waals surface area (Å²) in [6.45, 7) is 5.46. The SMILES string of the molecule is CNC(=O)[C@H](Cc1ccc(OC)cc1)NC(=O)[C@H](CC(C)C)[C@@H](CC(=O)OCc1ccccc1)SC(C)=O. The highest BCUT2D eigenvalue weighted by Crippen LogP contribution is 2.30. The zero-order valence-electron chi connectivity index (χ0n) is 22.7. The average molecular weight is 543 g/mol. The van der Waals surface area contributed by atoms with Gasteiger partial charge in [-0.1, -0.05) is 68.1 Å². The molecule has 0 fully saturated rings. The van der Waals surface area contributed by atoms with Gasteiger partial charge in [0, 0.05) is 25.6 Å². The molecule has 0 spiro atoms. The second-order valence-corrected chi connectivity index (χ2v) is 10.9. The lowest BCUT2D eigenvalue weighted by atomic mass is 9.91. The van der Waals surface area contributed by atoms with Crippen LogP contribution < -0.4 is 15.4 Å². The molecule has 0 aliphatic heterocycles. The van der Waals surface area contributed by atoms with E-state index in [1.807, 2.05) is 56.3 Å². The molecule has 0 radical (unpaired) electrons.